The first kappa shape index (κ1) is 16.9. The normalized spacial score (nSPS) is 18.6. The quantitative estimate of drug-likeness (QED) is 0.468. The molecule has 1 aromatic heterocycles. The molecule has 0 bridgehead atoms. The van der Waals surface area contributed by atoms with E-state index in [-0.39, 0.29) is 17.0 Å². The van der Waals surface area contributed by atoms with Gasteiger partial charge in [0, 0.05) is 34.0 Å². The van der Waals surface area contributed by atoms with E-state index in [1.807, 2.05) is 36.4 Å². The summed E-state index contributed by atoms with van der Waals surface area (Å²) in [6, 6.07) is 22.8. The van der Waals surface area contributed by atoms with Crippen LogP contribution >= 0.6 is 0 Å². The summed E-state index contributed by atoms with van der Waals surface area (Å²) in [4.78, 5) is 16.1. The third kappa shape index (κ3) is 2.58. The van der Waals surface area contributed by atoms with Crippen LogP contribution < -0.4 is 0 Å². The van der Waals surface area contributed by atoms with Crippen LogP contribution in [-0.2, 0) is 11.8 Å². The number of rotatable bonds is 3. The van der Waals surface area contributed by atoms with E-state index in [0.29, 0.717) is 12.8 Å². The van der Waals surface area contributed by atoms with Gasteiger partial charge in [0.15, 0.2) is 5.78 Å². The molecule has 3 aromatic carbocycles. The zero-order valence-corrected chi connectivity index (χ0v) is 15.6. The highest BCUT2D eigenvalue weighted by Crippen LogP contribution is 2.44. The number of nitrogens with one attached hydrogen (secondary N) is 1. The lowest BCUT2D eigenvalue weighted by Gasteiger charge is -2.25. The van der Waals surface area contributed by atoms with E-state index in [1.54, 1.807) is 12.1 Å². The maximum atomic E-state index is 14.1. The van der Waals surface area contributed by atoms with Crippen molar-refractivity contribution in [2.45, 2.75) is 25.2 Å². The van der Waals surface area contributed by atoms with Crippen LogP contribution in [0.4, 0.5) is 4.39 Å². The van der Waals surface area contributed by atoms with Crippen molar-refractivity contribution >= 4 is 16.7 Å². The summed E-state index contributed by atoms with van der Waals surface area (Å²) in [6.07, 6.45) is 1.14. The van der Waals surface area contributed by atoms with E-state index in [1.165, 1.54) is 6.07 Å². The first-order chi connectivity index (χ1) is 13.5. The summed E-state index contributed by atoms with van der Waals surface area (Å²) in [7, 11) is 0. The van der Waals surface area contributed by atoms with Crippen LogP contribution in [0.25, 0.3) is 22.2 Å². The minimum absolute atomic E-state index is 0.186. The van der Waals surface area contributed by atoms with Gasteiger partial charge in [-0.15, -0.1) is 0 Å². The molecule has 0 radical (unpaired) electrons. The molecule has 0 spiro atoms. The molecule has 1 aliphatic carbocycles. The number of Topliss-reactive ketones (excluding diaryl/α,β-unsaturated/α-hetero) is 1. The Bertz CT molecular complexity index is 1210. The standard InChI is InChI=1S/C25H20FNO/c1-25(15-23(28)18-9-5-6-10-21(18)25)14-20-19-13-17(26)11-12-22(19)27-24(20)16-7-3-2-4-8-16/h2-13,27H,14-15H2,1H3/t25-/m0/s1. The molecule has 3 heteroatoms. The zero-order chi connectivity index (χ0) is 19.3. The zero-order valence-electron chi connectivity index (χ0n) is 15.6. The number of fused-ring (bicyclic) bond motifs is 2. The minimum atomic E-state index is -0.307. The van der Waals surface area contributed by atoms with Gasteiger partial charge in [0.2, 0.25) is 0 Å². The number of H-pyrrole nitrogens is 1. The Morgan fingerprint density at radius 2 is 1.75 bits per heavy atom. The first-order valence-corrected chi connectivity index (χ1v) is 9.53. The predicted molar refractivity (Wildman–Crippen MR) is 110 cm³/mol. The molecule has 5 rings (SSSR count). The Hall–Kier alpha value is -3.20. The maximum absolute atomic E-state index is 14.1. The van der Waals surface area contributed by atoms with Gasteiger partial charge >= 0.3 is 0 Å². The van der Waals surface area contributed by atoms with Gasteiger partial charge in [-0.25, -0.2) is 4.39 Å². The summed E-state index contributed by atoms with van der Waals surface area (Å²) in [6.45, 7) is 2.14. The highest BCUT2D eigenvalue weighted by Gasteiger charge is 2.40. The highest BCUT2D eigenvalue weighted by atomic mass is 19.1. The molecule has 28 heavy (non-hydrogen) atoms. The SMILES string of the molecule is C[C@]1(Cc2c(-c3ccccc3)[nH]c3ccc(F)cc23)CC(=O)c2ccccc21. The van der Waals surface area contributed by atoms with Gasteiger partial charge in [-0.05, 0) is 41.3 Å². The van der Waals surface area contributed by atoms with E-state index in [2.05, 4.69) is 30.1 Å². The molecule has 0 saturated heterocycles. The molecule has 4 aromatic rings. The molecule has 0 amide bonds. The molecule has 0 saturated carbocycles. The second-order valence-electron chi connectivity index (χ2n) is 7.92. The topological polar surface area (TPSA) is 32.9 Å². The van der Waals surface area contributed by atoms with Gasteiger partial charge in [-0.1, -0.05) is 61.5 Å². The number of carbonyl (C=O) groups excluding carboxylic acids is 1. The van der Waals surface area contributed by atoms with Gasteiger partial charge in [0.25, 0.3) is 0 Å². The number of halogens is 1. The largest absolute Gasteiger partial charge is 0.354 e. The Morgan fingerprint density at radius 1 is 1.00 bits per heavy atom. The number of benzene rings is 3. The van der Waals surface area contributed by atoms with Crippen LogP contribution in [0.3, 0.4) is 0 Å². The van der Waals surface area contributed by atoms with Crippen LogP contribution in [0.2, 0.25) is 0 Å². The van der Waals surface area contributed by atoms with Crippen molar-refractivity contribution in [2.24, 2.45) is 0 Å². The van der Waals surface area contributed by atoms with Crippen LogP contribution in [0, 0.1) is 5.82 Å². The molecule has 2 nitrogen and oxygen atoms in total. The van der Waals surface area contributed by atoms with Crippen molar-refractivity contribution in [1.29, 1.82) is 0 Å². The van der Waals surface area contributed by atoms with Crippen molar-refractivity contribution in [3.63, 3.8) is 0 Å². The molecule has 1 atom stereocenters. The van der Waals surface area contributed by atoms with E-state index in [9.17, 15) is 9.18 Å². The first-order valence-electron chi connectivity index (χ1n) is 9.53. The fourth-order valence-corrected chi connectivity index (χ4v) is 4.60. The van der Waals surface area contributed by atoms with Gasteiger partial charge in [0.1, 0.15) is 5.82 Å². The van der Waals surface area contributed by atoms with Crippen LogP contribution in [0.15, 0.2) is 72.8 Å². The number of ketones is 1. The Morgan fingerprint density at radius 3 is 2.57 bits per heavy atom. The Balaban J connectivity index is 1.71. The van der Waals surface area contributed by atoms with Gasteiger partial charge in [-0.3, -0.25) is 4.79 Å². The molecule has 1 heterocycles. The van der Waals surface area contributed by atoms with Crippen molar-refractivity contribution in [3.8, 4) is 11.3 Å². The number of carbonyl (C=O) groups is 1. The summed E-state index contributed by atoms with van der Waals surface area (Å²) >= 11 is 0. The summed E-state index contributed by atoms with van der Waals surface area (Å²) < 4.78 is 14.1. The average Bonchev–Trinajstić information content (AvgIpc) is 3.18. The smallest absolute Gasteiger partial charge is 0.164 e. The third-order valence-electron chi connectivity index (χ3n) is 5.93. The number of aromatic amines is 1. The van der Waals surface area contributed by atoms with Crippen molar-refractivity contribution < 1.29 is 9.18 Å². The average molecular weight is 369 g/mol. The number of hydrogen-bond acceptors (Lipinski definition) is 1. The van der Waals surface area contributed by atoms with Crippen LogP contribution in [-0.4, -0.2) is 10.8 Å². The third-order valence-corrected chi connectivity index (χ3v) is 5.93. The molecule has 138 valence electrons. The Kier molecular flexibility index (Phi) is 3.73. The molecular weight excluding hydrogens is 349 g/mol. The summed E-state index contributed by atoms with van der Waals surface area (Å²) in [5.74, 6) is -0.0641. The highest BCUT2D eigenvalue weighted by molar-refractivity contribution is 6.02. The van der Waals surface area contributed by atoms with Gasteiger partial charge < -0.3 is 4.98 Å². The molecular formula is C25H20FNO. The van der Waals surface area contributed by atoms with E-state index < -0.39 is 0 Å². The van der Waals surface area contributed by atoms with Crippen LogP contribution in [0.1, 0.15) is 34.8 Å². The van der Waals surface area contributed by atoms with Crippen LogP contribution in [0.5, 0.6) is 0 Å². The molecule has 1 N–H and O–H groups in total. The molecule has 0 aliphatic heterocycles. The lowest BCUT2D eigenvalue weighted by molar-refractivity contribution is 0.0976. The monoisotopic (exact) mass is 369 g/mol. The minimum Gasteiger partial charge on any atom is -0.354 e. The fraction of sp³-hybridized carbons (Fsp3) is 0.160. The van der Waals surface area contributed by atoms with Crippen molar-refractivity contribution in [3.05, 3.63) is 95.3 Å². The van der Waals surface area contributed by atoms with Crippen molar-refractivity contribution in [2.75, 3.05) is 0 Å². The summed E-state index contributed by atoms with van der Waals surface area (Å²) in [5, 5.41) is 0.886. The van der Waals surface area contributed by atoms with E-state index in [0.717, 1.165) is 38.9 Å². The molecule has 0 unspecified atom stereocenters. The van der Waals surface area contributed by atoms with E-state index in [4.69, 9.17) is 0 Å². The lowest BCUT2D eigenvalue weighted by Crippen LogP contribution is -2.22. The van der Waals surface area contributed by atoms with Gasteiger partial charge in [-0.2, -0.15) is 0 Å². The van der Waals surface area contributed by atoms with E-state index >= 15 is 0 Å². The molecule has 0 fully saturated rings. The maximum Gasteiger partial charge on any atom is 0.164 e. The lowest BCUT2D eigenvalue weighted by atomic mass is 9.77. The number of hydrogen-bond donors (Lipinski definition) is 1. The van der Waals surface area contributed by atoms with Gasteiger partial charge in [0.05, 0.1) is 0 Å². The molecule has 1 aliphatic rings. The summed E-state index contributed by atoms with van der Waals surface area (Å²) in [5.41, 5.74) is 5.64. The second-order valence-corrected chi connectivity index (χ2v) is 7.92. The Labute approximate surface area is 163 Å². The predicted octanol–water partition coefficient (Wildman–Crippen LogP) is 6.06. The van der Waals surface area contributed by atoms with Crippen molar-refractivity contribution in [1.82, 2.24) is 4.98 Å². The fourth-order valence-electron chi connectivity index (χ4n) is 4.60. The number of aromatic nitrogens is 1. The second kappa shape index (κ2) is 6.16.